The van der Waals surface area contributed by atoms with E-state index in [-0.39, 0.29) is 5.69 Å². The van der Waals surface area contributed by atoms with Gasteiger partial charge in [-0.05, 0) is 25.1 Å². The number of aromatic carboxylic acids is 1. The van der Waals surface area contributed by atoms with Crippen LogP contribution in [-0.2, 0) is 0 Å². The third kappa shape index (κ3) is 2.31. The van der Waals surface area contributed by atoms with Crippen LogP contribution in [0.15, 0.2) is 42.7 Å². The van der Waals surface area contributed by atoms with Gasteiger partial charge in [0.15, 0.2) is 5.69 Å². The molecular weight excluding hydrogens is 270 g/mol. The van der Waals surface area contributed by atoms with Gasteiger partial charge >= 0.3 is 5.97 Å². The minimum atomic E-state index is -1.08. The topological polar surface area (TPSA) is 76.7 Å². The number of fused-ring (bicyclic) bond motifs is 1. The molecule has 3 aromatic rings. The maximum atomic E-state index is 11.1. The molecule has 2 aromatic heterocycles. The zero-order valence-corrected chi connectivity index (χ0v) is 11.4. The number of benzene rings is 1. The van der Waals surface area contributed by atoms with E-state index in [1.165, 1.54) is 6.20 Å². The highest BCUT2D eigenvalue weighted by Crippen LogP contribution is 2.29. The number of carboxylic acids is 1. The SMILES string of the molecule is CCOc1ccccc1-c1ccnc2nc(C(=O)O)cn12. The van der Waals surface area contributed by atoms with Crippen LogP contribution in [0, 0.1) is 0 Å². The molecule has 0 atom stereocenters. The molecule has 0 aliphatic carbocycles. The number of nitrogens with zero attached hydrogens (tertiary/aromatic N) is 3. The fourth-order valence-corrected chi connectivity index (χ4v) is 2.18. The first-order valence-electron chi connectivity index (χ1n) is 6.50. The minimum Gasteiger partial charge on any atom is -0.493 e. The van der Waals surface area contributed by atoms with Crippen LogP contribution in [0.1, 0.15) is 17.4 Å². The van der Waals surface area contributed by atoms with Crippen LogP contribution in [-0.4, -0.2) is 32.1 Å². The summed E-state index contributed by atoms with van der Waals surface area (Å²) in [5.74, 6) is -0.00109. The third-order valence-electron chi connectivity index (χ3n) is 3.05. The van der Waals surface area contributed by atoms with Crippen LogP contribution < -0.4 is 4.74 Å². The summed E-state index contributed by atoms with van der Waals surface area (Å²) < 4.78 is 7.28. The van der Waals surface area contributed by atoms with Crippen LogP contribution >= 0.6 is 0 Å². The van der Waals surface area contributed by atoms with Crippen LogP contribution in [0.2, 0.25) is 0 Å². The predicted octanol–water partition coefficient (Wildman–Crippen LogP) is 2.49. The molecule has 21 heavy (non-hydrogen) atoms. The van der Waals surface area contributed by atoms with E-state index in [0.717, 1.165) is 17.0 Å². The van der Waals surface area contributed by atoms with Crippen molar-refractivity contribution in [3.05, 3.63) is 48.4 Å². The Kier molecular flexibility index (Phi) is 3.27. The van der Waals surface area contributed by atoms with Crippen molar-refractivity contribution in [3.63, 3.8) is 0 Å². The number of carboxylic acid groups (broad SMARTS) is 1. The lowest BCUT2D eigenvalue weighted by atomic mass is 10.1. The van der Waals surface area contributed by atoms with Gasteiger partial charge in [-0.1, -0.05) is 12.1 Å². The number of imidazole rings is 1. The van der Waals surface area contributed by atoms with Crippen molar-refractivity contribution >= 4 is 11.7 Å². The van der Waals surface area contributed by atoms with Gasteiger partial charge in [0.25, 0.3) is 0 Å². The summed E-state index contributed by atoms with van der Waals surface area (Å²) in [5, 5.41) is 9.06. The fraction of sp³-hybridized carbons (Fsp3) is 0.133. The Morgan fingerprint density at radius 3 is 2.90 bits per heavy atom. The number of ether oxygens (including phenoxy) is 1. The van der Waals surface area contributed by atoms with Crippen molar-refractivity contribution in [2.75, 3.05) is 6.61 Å². The molecule has 0 saturated carbocycles. The zero-order chi connectivity index (χ0) is 14.8. The van der Waals surface area contributed by atoms with E-state index in [4.69, 9.17) is 9.84 Å². The molecule has 1 N–H and O–H groups in total. The number of carbonyl (C=O) groups is 1. The van der Waals surface area contributed by atoms with Crippen molar-refractivity contribution in [3.8, 4) is 17.0 Å². The van der Waals surface area contributed by atoms with E-state index in [1.54, 1.807) is 16.7 Å². The van der Waals surface area contributed by atoms with Crippen molar-refractivity contribution in [1.29, 1.82) is 0 Å². The van der Waals surface area contributed by atoms with Gasteiger partial charge in [0.05, 0.1) is 12.3 Å². The molecule has 2 heterocycles. The monoisotopic (exact) mass is 283 g/mol. The Hall–Kier alpha value is -2.89. The second-order valence-corrected chi connectivity index (χ2v) is 4.36. The van der Waals surface area contributed by atoms with Crippen molar-refractivity contribution < 1.29 is 14.6 Å². The highest BCUT2D eigenvalue weighted by atomic mass is 16.5. The molecule has 3 rings (SSSR count). The molecule has 6 nitrogen and oxygen atoms in total. The predicted molar refractivity (Wildman–Crippen MR) is 76.6 cm³/mol. The molecule has 0 bridgehead atoms. The van der Waals surface area contributed by atoms with E-state index >= 15 is 0 Å². The first-order valence-corrected chi connectivity index (χ1v) is 6.50. The van der Waals surface area contributed by atoms with Crippen molar-refractivity contribution in [1.82, 2.24) is 14.4 Å². The lowest BCUT2D eigenvalue weighted by molar-refractivity contribution is 0.0691. The Labute approximate surface area is 120 Å². The lowest BCUT2D eigenvalue weighted by Gasteiger charge is -2.11. The molecular formula is C15H13N3O3. The minimum absolute atomic E-state index is 0.0381. The summed E-state index contributed by atoms with van der Waals surface area (Å²) in [4.78, 5) is 19.1. The molecule has 6 heteroatoms. The van der Waals surface area contributed by atoms with Gasteiger partial charge in [-0.3, -0.25) is 4.40 Å². The first kappa shape index (κ1) is 13.1. The van der Waals surface area contributed by atoms with E-state index in [9.17, 15) is 4.79 Å². The molecule has 0 amide bonds. The van der Waals surface area contributed by atoms with Crippen LogP contribution in [0.25, 0.3) is 17.0 Å². The summed E-state index contributed by atoms with van der Waals surface area (Å²) in [6.07, 6.45) is 3.06. The lowest BCUT2D eigenvalue weighted by Crippen LogP contribution is -1.98. The molecule has 0 saturated heterocycles. The highest BCUT2D eigenvalue weighted by molar-refractivity contribution is 5.86. The molecule has 0 fully saturated rings. The van der Waals surface area contributed by atoms with Gasteiger partial charge in [-0.25, -0.2) is 14.8 Å². The molecule has 0 radical (unpaired) electrons. The van der Waals surface area contributed by atoms with Gasteiger partial charge in [0.1, 0.15) is 5.75 Å². The first-order chi connectivity index (χ1) is 10.2. The average molecular weight is 283 g/mol. The Bertz CT molecular complexity index is 811. The van der Waals surface area contributed by atoms with Crippen LogP contribution in [0.5, 0.6) is 5.75 Å². The average Bonchev–Trinajstić information content (AvgIpc) is 2.92. The second kappa shape index (κ2) is 5.24. The molecule has 0 aliphatic rings. The summed E-state index contributed by atoms with van der Waals surface area (Å²) >= 11 is 0. The molecule has 0 spiro atoms. The quantitative estimate of drug-likeness (QED) is 0.796. The standard InChI is InChI=1S/C15H13N3O3/c1-2-21-13-6-4-3-5-10(13)12-7-8-16-15-17-11(14(19)20)9-18(12)15/h3-9H,2H2,1H3,(H,19,20). The Morgan fingerprint density at radius 2 is 2.14 bits per heavy atom. The maximum Gasteiger partial charge on any atom is 0.356 e. The number of para-hydroxylation sites is 1. The van der Waals surface area contributed by atoms with E-state index in [1.807, 2.05) is 31.2 Å². The summed E-state index contributed by atoms with van der Waals surface area (Å²) in [7, 11) is 0. The van der Waals surface area contributed by atoms with Crippen LogP contribution in [0.4, 0.5) is 0 Å². The molecule has 106 valence electrons. The number of rotatable bonds is 4. The van der Waals surface area contributed by atoms with Crippen molar-refractivity contribution in [2.45, 2.75) is 6.92 Å². The van der Waals surface area contributed by atoms with Gasteiger partial charge < -0.3 is 9.84 Å². The molecule has 0 unspecified atom stereocenters. The van der Waals surface area contributed by atoms with Gasteiger partial charge in [-0.15, -0.1) is 0 Å². The number of aromatic nitrogens is 3. The molecule has 0 aliphatic heterocycles. The second-order valence-electron chi connectivity index (χ2n) is 4.36. The highest BCUT2D eigenvalue weighted by Gasteiger charge is 2.14. The normalized spacial score (nSPS) is 10.7. The number of hydrogen-bond donors (Lipinski definition) is 1. The van der Waals surface area contributed by atoms with Crippen molar-refractivity contribution in [2.24, 2.45) is 0 Å². The third-order valence-corrected chi connectivity index (χ3v) is 3.05. The summed E-state index contributed by atoms with van der Waals surface area (Å²) in [5.41, 5.74) is 1.61. The smallest absolute Gasteiger partial charge is 0.356 e. The van der Waals surface area contributed by atoms with E-state index < -0.39 is 5.97 Å². The number of hydrogen-bond acceptors (Lipinski definition) is 4. The Balaban J connectivity index is 2.23. The fourth-order valence-electron chi connectivity index (χ4n) is 2.18. The zero-order valence-electron chi connectivity index (χ0n) is 11.4. The maximum absolute atomic E-state index is 11.1. The van der Waals surface area contributed by atoms with Gasteiger partial charge in [0, 0.05) is 18.0 Å². The summed E-state index contributed by atoms with van der Waals surface area (Å²) in [6.45, 7) is 2.47. The van der Waals surface area contributed by atoms with Gasteiger partial charge in [0.2, 0.25) is 5.78 Å². The van der Waals surface area contributed by atoms with E-state index in [0.29, 0.717) is 12.4 Å². The molecule has 1 aromatic carbocycles. The van der Waals surface area contributed by atoms with E-state index in [2.05, 4.69) is 9.97 Å². The van der Waals surface area contributed by atoms with Gasteiger partial charge in [-0.2, -0.15) is 0 Å². The Morgan fingerprint density at radius 1 is 1.33 bits per heavy atom. The summed E-state index contributed by atoms with van der Waals surface area (Å²) in [6, 6.07) is 9.39. The van der Waals surface area contributed by atoms with Crippen LogP contribution in [0.3, 0.4) is 0 Å². The largest absolute Gasteiger partial charge is 0.493 e.